The fraction of sp³-hybridized carbons (Fsp3) is 0.278. The van der Waals surface area contributed by atoms with Gasteiger partial charge in [0.2, 0.25) is 6.04 Å². The van der Waals surface area contributed by atoms with Gasteiger partial charge < -0.3 is 10.1 Å². The van der Waals surface area contributed by atoms with Crippen LogP contribution < -0.4 is 10.1 Å². The van der Waals surface area contributed by atoms with Gasteiger partial charge in [-0.25, -0.2) is 0 Å². The zero-order chi connectivity index (χ0) is 17.5. The molecule has 2 atom stereocenters. The van der Waals surface area contributed by atoms with Crippen LogP contribution in [0.4, 0.5) is 5.69 Å². The van der Waals surface area contributed by atoms with Crippen molar-refractivity contribution >= 4 is 5.69 Å². The van der Waals surface area contributed by atoms with Crippen molar-refractivity contribution in [2.24, 2.45) is 0 Å². The van der Waals surface area contributed by atoms with Gasteiger partial charge in [-0.3, -0.25) is 10.1 Å². The van der Waals surface area contributed by atoms with Crippen LogP contribution in [-0.4, -0.2) is 18.1 Å². The molecule has 24 heavy (non-hydrogen) atoms. The number of benzene rings is 2. The van der Waals surface area contributed by atoms with Gasteiger partial charge in [0.1, 0.15) is 11.8 Å². The Morgan fingerprint density at radius 2 is 1.92 bits per heavy atom. The second-order valence-corrected chi connectivity index (χ2v) is 5.31. The summed E-state index contributed by atoms with van der Waals surface area (Å²) < 4.78 is 5.12. The molecule has 0 saturated heterocycles. The number of nitriles is 1. The van der Waals surface area contributed by atoms with Crippen LogP contribution >= 0.6 is 0 Å². The molecular weight excluding hydrogens is 306 g/mol. The highest BCUT2D eigenvalue weighted by Gasteiger charge is 2.32. The first-order chi connectivity index (χ1) is 11.6. The molecule has 0 heterocycles. The maximum atomic E-state index is 11.5. The number of rotatable bonds is 7. The number of hydrogen-bond donors (Lipinski definition) is 1. The van der Waals surface area contributed by atoms with Crippen molar-refractivity contribution in [3.63, 3.8) is 0 Å². The predicted molar refractivity (Wildman–Crippen MR) is 91.6 cm³/mol. The van der Waals surface area contributed by atoms with Gasteiger partial charge in [-0.15, -0.1) is 0 Å². The number of nitro groups is 1. The normalized spacial score (nSPS) is 12.7. The molecule has 0 spiro atoms. The zero-order valence-electron chi connectivity index (χ0n) is 13.6. The molecule has 0 fully saturated rings. The summed E-state index contributed by atoms with van der Waals surface area (Å²) in [5.74, 6) is 0.704. The lowest BCUT2D eigenvalue weighted by Crippen LogP contribution is -2.32. The van der Waals surface area contributed by atoms with E-state index in [0.717, 1.165) is 5.69 Å². The fourth-order valence-electron chi connectivity index (χ4n) is 2.62. The van der Waals surface area contributed by atoms with Gasteiger partial charge in [0.15, 0.2) is 0 Å². The highest BCUT2D eigenvalue weighted by Crippen LogP contribution is 2.29. The molecule has 2 rings (SSSR count). The van der Waals surface area contributed by atoms with Gasteiger partial charge in [0.05, 0.1) is 18.7 Å². The van der Waals surface area contributed by atoms with Crippen molar-refractivity contribution < 1.29 is 9.66 Å². The average molecular weight is 325 g/mol. The van der Waals surface area contributed by atoms with Crippen LogP contribution in [0.15, 0.2) is 48.5 Å². The molecule has 2 aromatic rings. The van der Waals surface area contributed by atoms with E-state index in [2.05, 4.69) is 11.4 Å². The highest BCUT2D eigenvalue weighted by molar-refractivity contribution is 5.51. The number of hydrogen-bond acceptors (Lipinski definition) is 5. The third kappa shape index (κ3) is 3.82. The van der Waals surface area contributed by atoms with Crippen LogP contribution in [0.1, 0.15) is 30.5 Å². The largest absolute Gasteiger partial charge is 0.497 e. The lowest BCUT2D eigenvalue weighted by atomic mass is 9.93. The van der Waals surface area contributed by atoms with Crippen molar-refractivity contribution in [3.05, 3.63) is 69.8 Å². The molecule has 0 bridgehead atoms. The van der Waals surface area contributed by atoms with E-state index in [1.165, 1.54) is 0 Å². The number of anilines is 1. The first-order valence-corrected chi connectivity index (χ1v) is 7.63. The average Bonchev–Trinajstić information content (AvgIpc) is 2.61. The van der Waals surface area contributed by atoms with E-state index >= 15 is 0 Å². The van der Waals surface area contributed by atoms with E-state index in [-0.39, 0.29) is 4.92 Å². The molecule has 0 saturated carbocycles. The van der Waals surface area contributed by atoms with Crippen molar-refractivity contribution in [2.45, 2.75) is 25.4 Å². The maximum Gasteiger partial charge on any atom is 0.236 e. The van der Waals surface area contributed by atoms with Crippen LogP contribution in [0.3, 0.4) is 0 Å². The Morgan fingerprint density at radius 3 is 2.46 bits per heavy atom. The molecule has 2 aromatic carbocycles. The van der Waals surface area contributed by atoms with Gasteiger partial charge in [0, 0.05) is 17.0 Å². The topological polar surface area (TPSA) is 88.2 Å². The standard InChI is InChI=1S/C18H19N3O3/c1-3-17(21(22)23)18(16-7-5-4-6-13(16)12-19)20-14-8-10-15(24-2)11-9-14/h4-11,17-18,20H,3H2,1-2H3/t17-,18+/m1/s1. The fourth-order valence-corrected chi connectivity index (χ4v) is 2.62. The molecule has 0 radical (unpaired) electrons. The van der Waals surface area contributed by atoms with Crippen molar-refractivity contribution in [2.75, 3.05) is 12.4 Å². The van der Waals surface area contributed by atoms with E-state index < -0.39 is 12.1 Å². The zero-order valence-corrected chi connectivity index (χ0v) is 13.6. The molecule has 0 aliphatic heterocycles. The minimum absolute atomic E-state index is 0.296. The van der Waals surface area contributed by atoms with Crippen LogP contribution in [-0.2, 0) is 0 Å². The molecule has 0 amide bonds. The van der Waals surface area contributed by atoms with Gasteiger partial charge in [-0.05, 0) is 35.9 Å². The molecular formula is C18H19N3O3. The second kappa shape index (κ2) is 7.97. The van der Waals surface area contributed by atoms with Gasteiger partial charge >= 0.3 is 0 Å². The summed E-state index contributed by atoms with van der Waals surface area (Å²) in [6.45, 7) is 1.77. The summed E-state index contributed by atoms with van der Waals surface area (Å²) in [4.78, 5) is 11.2. The molecule has 6 heteroatoms. The Kier molecular flexibility index (Phi) is 5.74. The molecule has 0 aliphatic rings. The summed E-state index contributed by atoms with van der Waals surface area (Å²) in [6, 6.07) is 14.8. The smallest absolute Gasteiger partial charge is 0.236 e. The van der Waals surface area contributed by atoms with Gasteiger partial charge in [0.25, 0.3) is 0 Å². The Balaban J connectivity index is 2.42. The first kappa shape index (κ1) is 17.3. The summed E-state index contributed by atoms with van der Waals surface area (Å²) in [5, 5.41) is 24.0. The lowest BCUT2D eigenvalue weighted by Gasteiger charge is -2.24. The summed E-state index contributed by atoms with van der Waals surface area (Å²) in [7, 11) is 1.58. The third-order valence-corrected chi connectivity index (χ3v) is 3.90. The van der Waals surface area contributed by atoms with Crippen molar-refractivity contribution in [1.82, 2.24) is 0 Å². The summed E-state index contributed by atoms with van der Waals surface area (Å²) in [6.07, 6.45) is 0.348. The van der Waals surface area contributed by atoms with Crippen molar-refractivity contribution in [3.8, 4) is 11.8 Å². The van der Waals surface area contributed by atoms with Gasteiger partial charge in [-0.1, -0.05) is 25.1 Å². The van der Waals surface area contributed by atoms with Crippen molar-refractivity contribution in [1.29, 1.82) is 5.26 Å². The molecule has 0 aliphatic carbocycles. The van der Waals surface area contributed by atoms with Crippen LogP contribution in [0.2, 0.25) is 0 Å². The predicted octanol–water partition coefficient (Wildman–Crippen LogP) is 3.78. The number of nitrogens with zero attached hydrogens (tertiary/aromatic N) is 2. The van der Waals surface area contributed by atoms with Crippen LogP contribution in [0.5, 0.6) is 5.75 Å². The number of methoxy groups -OCH3 is 1. The van der Waals surface area contributed by atoms with E-state index in [0.29, 0.717) is 23.3 Å². The lowest BCUT2D eigenvalue weighted by molar-refractivity contribution is -0.526. The van der Waals surface area contributed by atoms with Crippen LogP contribution in [0.25, 0.3) is 0 Å². The minimum Gasteiger partial charge on any atom is -0.497 e. The van der Waals surface area contributed by atoms with Crippen LogP contribution in [0, 0.1) is 21.4 Å². The Morgan fingerprint density at radius 1 is 1.25 bits per heavy atom. The highest BCUT2D eigenvalue weighted by atomic mass is 16.6. The minimum atomic E-state index is -0.846. The first-order valence-electron chi connectivity index (χ1n) is 7.63. The number of ether oxygens (including phenoxy) is 1. The Labute approximate surface area is 140 Å². The van der Waals surface area contributed by atoms with E-state index in [4.69, 9.17) is 4.74 Å². The van der Waals surface area contributed by atoms with E-state index in [9.17, 15) is 15.4 Å². The maximum absolute atomic E-state index is 11.5. The summed E-state index contributed by atoms with van der Waals surface area (Å²) >= 11 is 0. The molecule has 0 unspecified atom stereocenters. The Hall–Kier alpha value is -3.07. The third-order valence-electron chi connectivity index (χ3n) is 3.90. The SMILES string of the molecule is CC[C@H]([C@@H](Nc1ccc(OC)cc1)c1ccccc1C#N)[N+](=O)[O-]. The van der Waals surface area contributed by atoms with E-state index in [1.807, 2.05) is 0 Å². The molecule has 6 nitrogen and oxygen atoms in total. The quantitative estimate of drug-likeness (QED) is 0.618. The molecule has 1 N–H and O–H groups in total. The number of nitrogens with one attached hydrogen (secondary N) is 1. The van der Waals surface area contributed by atoms with Gasteiger partial charge in [-0.2, -0.15) is 5.26 Å². The Bertz CT molecular complexity index is 738. The monoisotopic (exact) mass is 325 g/mol. The molecule has 124 valence electrons. The molecule has 0 aromatic heterocycles. The van der Waals surface area contributed by atoms with E-state index in [1.54, 1.807) is 62.6 Å². The summed E-state index contributed by atoms with van der Waals surface area (Å²) in [5.41, 5.74) is 1.79. The second-order valence-electron chi connectivity index (χ2n) is 5.31.